The van der Waals surface area contributed by atoms with E-state index in [0.29, 0.717) is 12.6 Å². The van der Waals surface area contributed by atoms with Crippen LogP contribution in [0.5, 0.6) is 0 Å². The van der Waals surface area contributed by atoms with Crippen LogP contribution in [0.1, 0.15) is 37.3 Å². The molecule has 4 nitrogen and oxygen atoms in total. The summed E-state index contributed by atoms with van der Waals surface area (Å²) in [6.45, 7) is 9.86. The van der Waals surface area contributed by atoms with E-state index >= 15 is 0 Å². The van der Waals surface area contributed by atoms with E-state index in [1.165, 1.54) is 5.56 Å². The number of rotatable bonds is 6. The normalized spacial score (nSPS) is 16.0. The van der Waals surface area contributed by atoms with Gasteiger partial charge >= 0.3 is 0 Å². The minimum absolute atomic E-state index is 0.0979. The summed E-state index contributed by atoms with van der Waals surface area (Å²) in [5, 5.41) is 6.47. The highest BCUT2D eigenvalue weighted by Crippen LogP contribution is 2.17. The van der Waals surface area contributed by atoms with Crippen molar-refractivity contribution >= 4 is 11.6 Å². The first-order valence-corrected chi connectivity index (χ1v) is 8.42. The molecule has 2 rings (SSSR count). The molecule has 0 bridgehead atoms. The first kappa shape index (κ1) is 17.0. The fourth-order valence-electron chi connectivity index (χ4n) is 3.09. The summed E-state index contributed by atoms with van der Waals surface area (Å²) >= 11 is 0. The van der Waals surface area contributed by atoms with Crippen LogP contribution in [-0.2, 0) is 4.79 Å². The first-order chi connectivity index (χ1) is 10.6. The van der Waals surface area contributed by atoms with E-state index in [4.69, 9.17) is 0 Å². The molecule has 1 amide bonds. The van der Waals surface area contributed by atoms with Crippen LogP contribution in [0.15, 0.2) is 18.2 Å². The van der Waals surface area contributed by atoms with Gasteiger partial charge in [0, 0.05) is 11.7 Å². The Morgan fingerprint density at radius 3 is 2.73 bits per heavy atom. The molecule has 0 unspecified atom stereocenters. The largest absolute Gasteiger partial charge is 0.325 e. The van der Waals surface area contributed by atoms with Gasteiger partial charge in [-0.25, -0.2) is 0 Å². The molecule has 0 atom stereocenters. The number of nitrogens with zero attached hydrogens (tertiary/aromatic N) is 1. The van der Waals surface area contributed by atoms with Crippen molar-refractivity contribution in [2.75, 3.05) is 31.5 Å². The quantitative estimate of drug-likeness (QED) is 0.849. The molecular formula is C18H29N3O. The van der Waals surface area contributed by atoms with Crippen molar-refractivity contribution in [2.45, 2.75) is 46.1 Å². The fourth-order valence-corrected chi connectivity index (χ4v) is 3.09. The predicted octanol–water partition coefficient (Wildman–Crippen LogP) is 2.71. The molecule has 1 aliphatic heterocycles. The second kappa shape index (κ2) is 8.30. The van der Waals surface area contributed by atoms with E-state index in [0.717, 1.165) is 50.1 Å². The monoisotopic (exact) mass is 303 g/mol. The molecule has 1 aromatic rings. The van der Waals surface area contributed by atoms with Crippen LogP contribution >= 0.6 is 0 Å². The summed E-state index contributed by atoms with van der Waals surface area (Å²) in [7, 11) is 0. The van der Waals surface area contributed by atoms with E-state index < -0.39 is 0 Å². The Hall–Kier alpha value is -1.39. The highest BCUT2D eigenvalue weighted by Gasteiger charge is 2.22. The van der Waals surface area contributed by atoms with Gasteiger partial charge in [-0.05, 0) is 69.9 Å². The van der Waals surface area contributed by atoms with Gasteiger partial charge in [0.1, 0.15) is 0 Å². The van der Waals surface area contributed by atoms with Crippen LogP contribution in [0.3, 0.4) is 0 Å². The van der Waals surface area contributed by atoms with E-state index in [-0.39, 0.29) is 5.91 Å². The molecule has 0 spiro atoms. The highest BCUT2D eigenvalue weighted by atomic mass is 16.2. The maximum absolute atomic E-state index is 12.4. The zero-order valence-corrected chi connectivity index (χ0v) is 14.1. The van der Waals surface area contributed by atoms with Gasteiger partial charge < -0.3 is 10.6 Å². The van der Waals surface area contributed by atoms with Gasteiger partial charge in [0.25, 0.3) is 0 Å². The smallest absolute Gasteiger partial charge is 0.238 e. The van der Waals surface area contributed by atoms with E-state index in [9.17, 15) is 4.79 Å². The van der Waals surface area contributed by atoms with Crippen LogP contribution < -0.4 is 10.6 Å². The fraction of sp³-hybridized carbons (Fsp3) is 0.611. The highest BCUT2D eigenvalue weighted by molar-refractivity contribution is 5.93. The Kier molecular flexibility index (Phi) is 6.40. The number of carbonyl (C=O) groups is 1. The van der Waals surface area contributed by atoms with Crippen LogP contribution in [0.2, 0.25) is 0 Å². The third-order valence-electron chi connectivity index (χ3n) is 4.35. The number of anilines is 1. The minimum Gasteiger partial charge on any atom is -0.325 e. The number of carbonyl (C=O) groups excluding carboxylic acids is 1. The molecular weight excluding hydrogens is 274 g/mol. The lowest BCUT2D eigenvalue weighted by Gasteiger charge is -2.34. The van der Waals surface area contributed by atoms with Crippen molar-refractivity contribution in [1.82, 2.24) is 10.2 Å². The number of aryl methyl sites for hydroxylation is 2. The first-order valence-electron chi connectivity index (χ1n) is 8.42. The lowest BCUT2D eigenvalue weighted by Crippen LogP contribution is -2.46. The molecule has 4 heteroatoms. The summed E-state index contributed by atoms with van der Waals surface area (Å²) in [5.41, 5.74) is 3.22. The van der Waals surface area contributed by atoms with Gasteiger partial charge in [-0.15, -0.1) is 0 Å². The SMILES string of the molecule is CCCN(CC(=O)Nc1cc(C)ccc1C)C1CCNCC1. The molecule has 1 saturated heterocycles. The Bertz CT molecular complexity index is 495. The third kappa shape index (κ3) is 4.82. The van der Waals surface area contributed by atoms with Crippen molar-refractivity contribution in [3.63, 3.8) is 0 Å². The summed E-state index contributed by atoms with van der Waals surface area (Å²) in [4.78, 5) is 14.8. The molecule has 1 heterocycles. The van der Waals surface area contributed by atoms with E-state index in [1.807, 2.05) is 19.9 Å². The summed E-state index contributed by atoms with van der Waals surface area (Å²) in [5.74, 6) is 0.0979. The van der Waals surface area contributed by atoms with Gasteiger partial charge in [0.2, 0.25) is 5.91 Å². The van der Waals surface area contributed by atoms with Gasteiger partial charge in [-0.2, -0.15) is 0 Å². The van der Waals surface area contributed by atoms with Crippen LogP contribution in [0.25, 0.3) is 0 Å². The number of piperidine rings is 1. The zero-order valence-electron chi connectivity index (χ0n) is 14.1. The molecule has 1 aliphatic rings. The standard InChI is InChI=1S/C18H29N3O/c1-4-11-21(16-7-9-19-10-8-16)13-18(22)20-17-12-14(2)5-6-15(17)3/h5-6,12,16,19H,4,7-11,13H2,1-3H3,(H,20,22). The topological polar surface area (TPSA) is 44.4 Å². The van der Waals surface area contributed by atoms with Crippen LogP contribution in [0.4, 0.5) is 5.69 Å². The molecule has 1 fully saturated rings. The molecule has 1 aromatic carbocycles. The second-order valence-electron chi connectivity index (χ2n) is 6.32. The molecule has 0 radical (unpaired) electrons. The predicted molar refractivity (Wildman–Crippen MR) is 92.3 cm³/mol. The number of benzene rings is 1. The molecule has 0 saturated carbocycles. The zero-order chi connectivity index (χ0) is 15.9. The lowest BCUT2D eigenvalue weighted by atomic mass is 10.0. The van der Waals surface area contributed by atoms with Gasteiger partial charge in [0.15, 0.2) is 0 Å². The van der Waals surface area contributed by atoms with Crippen molar-refractivity contribution in [3.8, 4) is 0 Å². The van der Waals surface area contributed by atoms with Crippen LogP contribution in [-0.4, -0.2) is 43.0 Å². The van der Waals surface area contributed by atoms with Gasteiger partial charge in [-0.3, -0.25) is 9.69 Å². The molecule has 22 heavy (non-hydrogen) atoms. The van der Waals surface area contributed by atoms with Crippen molar-refractivity contribution in [2.24, 2.45) is 0 Å². The van der Waals surface area contributed by atoms with Crippen molar-refractivity contribution in [3.05, 3.63) is 29.3 Å². The molecule has 122 valence electrons. The number of hydrogen-bond donors (Lipinski definition) is 2. The summed E-state index contributed by atoms with van der Waals surface area (Å²) in [6.07, 6.45) is 3.36. The van der Waals surface area contributed by atoms with Crippen molar-refractivity contribution < 1.29 is 4.79 Å². The van der Waals surface area contributed by atoms with Gasteiger partial charge in [-0.1, -0.05) is 19.1 Å². The van der Waals surface area contributed by atoms with Crippen molar-refractivity contribution in [1.29, 1.82) is 0 Å². The number of nitrogens with one attached hydrogen (secondary N) is 2. The average molecular weight is 303 g/mol. The summed E-state index contributed by atoms with van der Waals surface area (Å²) < 4.78 is 0. The molecule has 2 N–H and O–H groups in total. The Labute approximate surface area is 134 Å². The number of amides is 1. The van der Waals surface area contributed by atoms with E-state index in [1.54, 1.807) is 0 Å². The van der Waals surface area contributed by atoms with Crippen LogP contribution in [0, 0.1) is 13.8 Å². The second-order valence-corrected chi connectivity index (χ2v) is 6.32. The Balaban J connectivity index is 1.96. The maximum Gasteiger partial charge on any atom is 0.238 e. The lowest BCUT2D eigenvalue weighted by molar-refractivity contribution is -0.118. The molecule has 0 aliphatic carbocycles. The number of hydrogen-bond acceptors (Lipinski definition) is 3. The maximum atomic E-state index is 12.4. The summed E-state index contributed by atoms with van der Waals surface area (Å²) in [6, 6.07) is 6.71. The Morgan fingerprint density at radius 1 is 1.32 bits per heavy atom. The Morgan fingerprint density at radius 2 is 2.05 bits per heavy atom. The molecule has 0 aromatic heterocycles. The van der Waals surface area contributed by atoms with E-state index in [2.05, 4.69) is 34.6 Å². The van der Waals surface area contributed by atoms with Gasteiger partial charge in [0.05, 0.1) is 6.54 Å². The average Bonchev–Trinajstić information content (AvgIpc) is 2.51. The minimum atomic E-state index is 0.0979. The third-order valence-corrected chi connectivity index (χ3v) is 4.35.